The van der Waals surface area contributed by atoms with E-state index in [2.05, 4.69) is 81.5 Å². The minimum absolute atomic E-state index is 0.613. The molecule has 0 saturated heterocycles. The molecule has 22 heavy (non-hydrogen) atoms. The van der Waals surface area contributed by atoms with Crippen molar-refractivity contribution in [3.63, 3.8) is 0 Å². The smallest absolute Gasteiger partial charge is 0.0943 e. The summed E-state index contributed by atoms with van der Waals surface area (Å²) in [7, 11) is 0. The molecule has 2 aliphatic carbocycles. The van der Waals surface area contributed by atoms with E-state index in [1.54, 1.807) is 5.57 Å². The SMILES string of the molecule is CC(C)=C1C2CCC1c1c2c(Br)n(-c2ccc(C)cc2)c1Br. The lowest BCUT2D eigenvalue weighted by atomic mass is 9.96. The molecule has 3 heteroatoms. The lowest BCUT2D eigenvalue weighted by molar-refractivity contribution is 0.718. The molecular formula is C19H19Br2N. The van der Waals surface area contributed by atoms with Crippen LogP contribution in [-0.4, -0.2) is 4.57 Å². The van der Waals surface area contributed by atoms with E-state index in [4.69, 9.17) is 0 Å². The van der Waals surface area contributed by atoms with Crippen molar-refractivity contribution in [2.45, 2.75) is 45.4 Å². The molecule has 1 heterocycles. The summed E-state index contributed by atoms with van der Waals surface area (Å²) in [6.07, 6.45) is 2.59. The first-order valence-electron chi connectivity index (χ1n) is 7.84. The average molecular weight is 421 g/mol. The third-order valence-corrected chi connectivity index (χ3v) is 6.75. The van der Waals surface area contributed by atoms with Gasteiger partial charge in [-0.1, -0.05) is 28.8 Å². The highest BCUT2D eigenvalue weighted by atomic mass is 79.9. The fourth-order valence-electron chi connectivity index (χ4n) is 4.32. The molecule has 0 amide bonds. The van der Waals surface area contributed by atoms with Crippen LogP contribution < -0.4 is 0 Å². The maximum atomic E-state index is 3.90. The van der Waals surface area contributed by atoms with Gasteiger partial charge in [-0.05, 0) is 88.7 Å². The largest absolute Gasteiger partial charge is 0.298 e. The number of fused-ring (bicyclic) bond motifs is 5. The number of benzene rings is 1. The van der Waals surface area contributed by atoms with Crippen molar-refractivity contribution in [2.24, 2.45) is 0 Å². The second-order valence-electron chi connectivity index (χ2n) is 6.72. The first-order valence-corrected chi connectivity index (χ1v) is 9.43. The minimum Gasteiger partial charge on any atom is -0.298 e. The Morgan fingerprint density at radius 2 is 1.45 bits per heavy atom. The van der Waals surface area contributed by atoms with E-state index in [1.807, 2.05) is 0 Å². The molecule has 2 atom stereocenters. The number of aromatic nitrogens is 1. The summed E-state index contributed by atoms with van der Waals surface area (Å²) in [6, 6.07) is 8.75. The monoisotopic (exact) mass is 419 g/mol. The van der Waals surface area contributed by atoms with Gasteiger partial charge in [0.25, 0.3) is 0 Å². The van der Waals surface area contributed by atoms with E-state index in [-0.39, 0.29) is 0 Å². The van der Waals surface area contributed by atoms with Crippen LogP contribution >= 0.6 is 31.9 Å². The predicted molar refractivity (Wildman–Crippen MR) is 99.0 cm³/mol. The number of hydrogen-bond donors (Lipinski definition) is 0. The zero-order valence-corrected chi connectivity index (χ0v) is 16.3. The van der Waals surface area contributed by atoms with Crippen molar-refractivity contribution in [2.75, 3.05) is 0 Å². The number of nitrogens with zero attached hydrogens (tertiary/aromatic N) is 1. The minimum atomic E-state index is 0.613. The first kappa shape index (κ1) is 14.8. The first-order chi connectivity index (χ1) is 10.5. The van der Waals surface area contributed by atoms with Gasteiger partial charge in [-0.2, -0.15) is 0 Å². The molecule has 0 aliphatic heterocycles. The highest BCUT2D eigenvalue weighted by molar-refractivity contribution is 9.11. The number of halogens is 2. The Bertz CT molecular complexity index is 754. The number of rotatable bonds is 1. The lowest BCUT2D eigenvalue weighted by Gasteiger charge is -2.13. The summed E-state index contributed by atoms with van der Waals surface area (Å²) in [5.74, 6) is 1.23. The molecule has 2 bridgehead atoms. The Labute approximate surface area is 148 Å². The molecule has 1 fully saturated rings. The summed E-state index contributed by atoms with van der Waals surface area (Å²) in [5, 5.41) is 0. The van der Waals surface area contributed by atoms with Gasteiger partial charge in [-0.15, -0.1) is 0 Å². The number of hydrogen-bond acceptors (Lipinski definition) is 0. The standard InChI is InChI=1S/C19H19Br2N/c1-10(2)15-13-8-9-14(15)17-16(13)18(20)22(19(17)21)12-6-4-11(3)5-7-12/h4-7,13-14H,8-9H2,1-3H3. The highest BCUT2D eigenvalue weighted by Crippen LogP contribution is 2.62. The van der Waals surface area contributed by atoms with Crippen LogP contribution in [0, 0.1) is 6.92 Å². The third kappa shape index (κ3) is 1.88. The molecule has 4 rings (SSSR count). The van der Waals surface area contributed by atoms with Gasteiger partial charge in [0.05, 0.1) is 9.21 Å². The van der Waals surface area contributed by atoms with Crippen LogP contribution in [0.15, 0.2) is 44.6 Å². The average Bonchev–Trinajstić information content (AvgIpc) is 3.11. The molecule has 0 N–H and O–H groups in total. The molecule has 2 unspecified atom stereocenters. The summed E-state index contributed by atoms with van der Waals surface area (Å²) in [4.78, 5) is 0. The molecule has 1 aromatic heterocycles. The van der Waals surface area contributed by atoms with Crippen molar-refractivity contribution >= 4 is 31.9 Å². The Kier molecular flexibility index (Phi) is 3.43. The van der Waals surface area contributed by atoms with E-state index < -0.39 is 0 Å². The summed E-state index contributed by atoms with van der Waals surface area (Å²) >= 11 is 7.79. The van der Waals surface area contributed by atoms with E-state index >= 15 is 0 Å². The molecule has 1 aromatic carbocycles. The highest BCUT2D eigenvalue weighted by Gasteiger charge is 2.46. The van der Waals surface area contributed by atoms with Crippen molar-refractivity contribution in [1.82, 2.24) is 4.57 Å². The molecule has 0 radical (unpaired) electrons. The van der Waals surface area contributed by atoms with Crippen LogP contribution in [-0.2, 0) is 0 Å². The van der Waals surface area contributed by atoms with Gasteiger partial charge < -0.3 is 0 Å². The second-order valence-corrected chi connectivity index (χ2v) is 8.22. The van der Waals surface area contributed by atoms with Crippen LogP contribution in [0.1, 0.15) is 55.2 Å². The summed E-state index contributed by atoms with van der Waals surface area (Å²) < 4.78 is 4.77. The zero-order chi connectivity index (χ0) is 15.6. The van der Waals surface area contributed by atoms with Crippen molar-refractivity contribution < 1.29 is 0 Å². The molecule has 2 aliphatic rings. The number of allylic oxidation sites excluding steroid dienone is 2. The lowest BCUT2D eigenvalue weighted by Crippen LogP contribution is -1.99. The van der Waals surface area contributed by atoms with Crippen molar-refractivity contribution in [1.29, 1.82) is 0 Å². The van der Waals surface area contributed by atoms with E-state index in [0.717, 1.165) is 0 Å². The van der Waals surface area contributed by atoms with Gasteiger partial charge in [-0.25, -0.2) is 0 Å². The maximum Gasteiger partial charge on any atom is 0.0943 e. The van der Waals surface area contributed by atoms with Crippen molar-refractivity contribution in [3.05, 3.63) is 61.3 Å². The Morgan fingerprint density at radius 3 is 1.91 bits per heavy atom. The Balaban J connectivity index is 1.93. The second kappa shape index (κ2) is 5.10. The van der Waals surface area contributed by atoms with E-state index in [9.17, 15) is 0 Å². The quantitative estimate of drug-likeness (QED) is 0.456. The molecular weight excluding hydrogens is 402 g/mol. The molecule has 1 nitrogen and oxygen atoms in total. The van der Waals surface area contributed by atoms with E-state index in [0.29, 0.717) is 11.8 Å². The molecule has 114 valence electrons. The predicted octanol–water partition coefficient (Wildman–Crippen LogP) is 6.62. The molecule has 2 aromatic rings. The van der Waals surface area contributed by atoms with Crippen LogP contribution in [0.2, 0.25) is 0 Å². The van der Waals surface area contributed by atoms with Gasteiger partial charge in [0.15, 0.2) is 0 Å². The Hall–Kier alpha value is -0.800. The summed E-state index contributed by atoms with van der Waals surface area (Å²) in [5.41, 5.74) is 8.71. The van der Waals surface area contributed by atoms with E-state index in [1.165, 1.54) is 50.0 Å². The zero-order valence-electron chi connectivity index (χ0n) is 13.1. The van der Waals surface area contributed by atoms with Crippen LogP contribution in [0.3, 0.4) is 0 Å². The Morgan fingerprint density at radius 1 is 0.955 bits per heavy atom. The van der Waals surface area contributed by atoms with Gasteiger partial charge in [-0.3, -0.25) is 4.57 Å². The summed E-state index contributed by atoms with van der Waals surface area (Å²) in [6.45, 7) is 6.66. The van der Waals surface area contributed by atoms with Crippen molar-refractivity contribution in [3.8, 4) is 5.69 Å². The van der Waals surface area contributed by atoms with Crippen LogP contribution in [0.25, 0.3) is 5.69 Å². The topological polar surface area (TPSA) is 4.93 Å². The van der Waals surface area contributed by atoms with Gasteiger partial charge in [0, 0.05) is 17.5 Å². The normalized spacial score (nSPS) is 22.3. The molecule has 0 spiro atoms. The van der Waals surface area contributed by atoms with Crippen LogP contribution in [0.4, 0.5) is 0 Å². The fourth-order valence-corrected chi connectivity index (χ4v) is 6.30. The van der Waals surface area contributed by atoms with Gasteiger partial charge in [0.1, 0.15) is 0 Å². The number of aryl methyl sites for hydroxylation is 1. The molecule has 1 saturated carbocycles. The fraction of sp³-hybridized carbons (Fsp3) is 0.368. The van der Waals surface area contributed by atoms with Gasteiger partial charge in [0.2, 0.25) is 0 Å². The third-order valence-electron chi connectivity index (χ3n) is 5.19. The van der Waals surface area contributed by atoms with Crippen LogP contribution in [0.5, 0.6) is 0 Å². The van der Waals surface area contributed by atoms with Gasteiger partial charge >= 0.3 is 0 Å². The maximum absolute atomic E-state index is 3.90.